The summed E-state index contributed by atoms with van der Waals surface area (Å²) in [4.78, 5) is 25.7. The Hall–Kier alpha value is -3.24. The Morgan fingerprint density at radius 3 is 1.88 bits per heavy atom. The van der Waals surface area contributed by atoms with E-state index in [4.69, 9.17) is 5.84 Å². The van der Waals surface area contributed by atoms with Gasteiger partial charge < -0.3 is 5.43 Å². The van der Waals surface area contributed by atoms with Crippen LogP contribution in [0.2, 0.25) is 0 Å². The van der Waals surface area contributed by atoms with Gasteiger partial charge >= 0.3 is 0 Å². The highest BCUT2D eigenvalue weighted by atomic mass is 16.1. The molecule has 0 aliphatic heterocycles. The van der Waals surface area contributed by atoms with Crippen LogP contribution in [0.3, 0.4) is 0 Å². The third kappa shape index (κ3) is 2.05. The van der Waals surface area contributed by atoms with E-state index in [9.17, 15) is 9.59 Å². The van der Waals surface area contributed by atoms with Crippen LogP contribution in [0.25, 0.3) is 11.1 Å². The molecular weight excluding hydrogens is 300 g/mol. The number of hydrazine groups is 1. The van der Waals surface area contributed by atoms with E-state index in [1.54, 1.807) is 30.3 Å². The van der Waals surface area contributed by atoms with E-state index >= 15 is 0 Å². The van der Waals surface area contributed by atoms with Crippen molar-refractivity contribution in [3.8, 4) is 11.1 Å². The van der Waals surface area contributed by atoms with E-state index < -0.39 is 0 Å². The topological polar surface area (TPSA) is 72.2 Å². The smallest absolute Gasteiger partial charge is 0.195 e. The van der Waals surface area contributed by atoms with Crippen LogP contribution in [0, 0.1) is 0 Å². The number of ketones is 2. The first-order valence-electron chi connectivity index (χ1n) is 7.59. The third-order valence-corrected chi connectivity index (χ3v) is 4.32. The lowest BCUT2D eigenvalue weighted by Gasteiger charge is -2.20. The fourth-order valence-electron chi connectivity index (χ4n) is 3.13. The maximum absolute atomic E-state index is 13.0. The molecule has 0 saturated carbocycles. The molecule has 4 nitrogen and oxygen atoms in total. The van der Waals surface area contributed by atoms with Crippen LogP contribution in [0.1, 0.15) is 31.8 Å². The second kappa shape index (κ2) is 5.44. The quantitative estimate of drug-likeness (QED) is 0.439. The van der Waals surface area contributed by atoms with Crippen LogP contribution in [-0.4, -0.2) is 11.6 Å². The molecule has 0 atom stereocenters. The second-order valence-corrected chi connectivity index (χ2v) is 5.65. The van der Waals surface area contributed by atoms with Gasteiger partial charge in [0.1, 0.15) is 0 Å². The Bertz CT molecular complexity index is 975. The number of hydrogen-bond acceptors (Lipinski definition) is 4. The normalized spacial score (nSPS) is 12.5. The van der Waals surface area contributed by atoms with Crippen molar-refractivity contribution in [2.75, 3.05) is 5.43 Å². The third-order valence-electron chi connectivity index (χ3n) is 4.32. The summed E-state index contributed by atoms with van der Waals surface area (Å²) in [6, 6.07) is 19.8. The highest BCUT2D eigenvalue weighted by Crippen LogP contribution is 2.34. The summed E-state index contributed by atoms with van der Waals surface area (Å²) in [5.41, 5.74) is 6.82. The Morgan fingerprint density at radius 1 is 0.625 bits per heavy atom. The van der Waals surface area contributed by atoms with Gasteiger partial charge in [0.15, 0.2) is 11.6 Å². The summed E-state index contributed by atoms with van der Waals surface area (Å²) in [7, 11) is 0. The van der Waals surface area contributed by atoms with Crippen LogP contribution in [0.5, 0.6) is 0 Å². The zero-order chi connectivity index (χ0) is 16.7. The summed E-state index contributed by atoms with van der Waals surface area (Å²) >= 11 is 0. The minimum Gasteiger partial charge on any atom is -0.324 e. The second-order valence-electron chi connectivity index (χ2n) is 5.65. The van der Waals surface area contributed by atoms with Gasteiger partial charge in [-0.2, -0.15) is 0 Å². The van der Waals surface area contributed by atoms with E-state index in [1.165, 1.54) is 0 Å². The van der Waals surface area contributed by atoms with Crippen molar-refractivity contribution in [3.05, 3.63) is 89.0 Å². The Kier molecular flexibility index (Phi) is 3.25. The first-order valence-corrected chi connectivity index (χ1v) is 7.59. The molecule has 0 fully saturated rings. The van der Waals surface area contributed by atoms with E-state index in [-0.39, 0.29) is 11.6 Å². The lowest BCUT2D eigenvalue weighted by atomic mass is 9.80. The molecule has 4 rings (SSSR count). The molecule has 3 N–H and O–H groups in total. The van der Waals surface area contributed by atoms with E-state index in [1.807, 2.05) is 36.4 Å². The number of nitrogen functional groups attached to an aromatic ring is 1. The lowest BCUT2D eigenvalue weighted by molar-refractivity contribution is 0.0979. The summed E-state index contributed by atoms with van der Waals surface area (Å²) < 4.78 is 0. The first kappa shape index (κ1) is 14.4. The van der Waals surface area contributed by atoms with Crippen LogP contribution in [0.4, 0.5) is 5.69 Å². The molecule has 24 heavy (non-hydrogen) atoms. The molecule has 3 aromatic carbocycles. The zero-order valence-corrected chi connectivity index (χ0v) is 12.7. The standard InChI is InChI=1S/C20H14N2O2/c21-22-13-10-8-12(9-11-13)14-6-3-7-17-18(14)20(24)16-5-2-1-4-15(16)19(17)23/h1-11,22H,21H2. The summed E-state index contributed by atoms with van der Waals surface area (Å²) in [6.45, 7) is 0. The molecule has 0 saturated heterocycles. The van der Waals surface area contributed by atoms with Crippen LogP contribution >= 0.6 is 0 Å². The van der Waals surface area contributed by atoms with Gasteiger partial charge in [-0.3, -0.25) is 15.4 Å². The summed E-state index contributed by atoms with van der Waals surface area (Å²) in [5, 5.41) is 0. The molecular formula is C20H14N2O2. The van der Waals surface area contributed by atoms with Crippen molar-refractivity contribution in [1.29, 1.82) is 0 Å². The van der Waals surface area contributed by atoms with E-state index in [0.717, 1.165) is 16.8 Å². The first-order chi connectivity index (χ1) is 11.7. The Morgan fingerprint density at radius 2 is 1.21 bits per heavy atom. The fourth-order valence-corrected chi connectivity index (χ4v) is 3.13. The van der Waals surface area contributed by atoms with Crippen molar-refractivity contribution >= 4 is 17.3 Å². The number of benzene rings is 3. The lowest BCUT2D eigenvalue weighted by Crippen LogP contribution is -2.21. The van der Waals surface area contributed by atoms with E-state index in [2.05, 4.69) is 5.43 Å². The number of hydrogen-bond donors (Lipinski definition) is 2. The summed E-state index contributed by atoms with van der Waals surface area (Å²) in [5.74, 6) is 5.17. The molecule has 116 valence electrons. The molecule has 1 aliphatic carbocycles. The number of carbonyl (C=O) groups excluding carboxylic acids is 2. The maximum Gasteiger partial charge on any atom is 0.195 e. The van der Waals surface area contributed by atoms with Gasteiger partial charge in [0.2, 0.25) is 0 Å². The predicted octanol–water partition coefficient (Wildman–Crippen LogP) is 3.41. The molecule has 4 heteroatoms. The molecule has 0 spiro atoms. The van der Waals surface area contributed by atoms with Crippen molar-refractivity contribution in [3.63, 3.8) is 0 Å². The number of carbonyl (C=O) groups is 2. The van der Waals surface area contributed by atoms with Gasteiger partial charge in [0.05, 0.1) is 0 Å². The number of rotatable bonds is 2. The Balaban J connectivity index is 1.94. The summed E-state index contributed by atoms with van der Waals surface area (Å²) in [6.07, 6.45) is 0. The average Bonchev–Trinajstić information content (AvgIpc) is 2.65. The highest BCUT2D eigenvalue weighted by Gasteiger charge is 2.31. The number of fused-ring (bicyclic) bond motifs is 2. The van der Waals surface area contributed by atoms with Crippen LogP contribution < -0.4 is 11.3 Å². The van der Waals surface area contributed by atoms with Crippen LogP contribution in [-0.2, 0) is 0 Å². The molecule has 0 radical (unpaired) electrons. The van der Waals surface area contributed by atoms with Gasteiger partial charge in [0, 0.05) is 27.9 Å². The van der Waals surface area contributed by atoms with Gasteiger partial charge in [-0.05, 0) is 23.3 Å². The fraction of sp³-hybridized carbons (Fsp3) is 0. The number of anilines is 1. The molecule has 0 heterocycles. The van der Waals surface area contributed by atoms with Crippen molar-refractivity contribution in [1.82, 2.24) is 0 Å². The minimum absolute atomic E-state index is 0.109. The Labute approximate surface area is 138 Å². The monoisotopic (exact) mass is 314 g/mol. The largest absolute Gasteiger partial charge is 0.324 e. The van der Waals surface area contributed by atoms with Crippen molar-refractivity contribution < 1.29 is 9.59 Å². The molecule has 3 aromatic rings. The molecule has 0 bridgehead atoms. The van der Waals surface area contributed by atoms with Crippen LogP contribution in [0.15, 0.2) is 66.7 Å². The highest BCUT2D eigenvalue weighted by molar-refractivity contribution is 6.30. The number of nitrogens with two attached hydrogens (primary N) is 1. The maximum atomic E-state index is 13.0. The average molecular weight is 314 g/mol. The predicted molar refractivity (Wildman–Crippen MR) is 93.0 cm³/mol. The number of nitrogens with one attached hydrogen (secondary N) is 1. The SMILES string of the molecule is NNc1ccc(-c2cccc3c2C(=O)c2ccccc2C3=O)cc1. The van der Waals surface area contributed by atoms with Gasteiger partial charge in [-0.1, -0.05) is 54.6 Å². The molecule has 0 amide bonds. The minimum atomic E-state index is -0.114. The molecule has 0 unspecified atom stereocenters. The van der Waals surface area contributed by atoms with E-state index in [0.29, 0.717) is 22.3 Å². The van der Waals surface area contributed by atoms with Crippen molar-refractivity contribution in [2.45, 2.75) is 0 Å². The van der Waals surface area contributed by atoms with Gasteiger partial charge in [-0.15, -0.1) is 0 Å². The van der Waals surface area contributed by atoms with Gasteiger partial charge in [0.25, 0.3) is 0 Å². The zero-order valence-electron chi connectivity index (χ0n) is 12.7. The van der Waals surface area contributed by atoms with Gasteiger partial charge in [-0.25, -0.2) is 0 Å². The van der Waals surface area contributed by atoms with Crippen molar-refractivity contribution in [2.24, 2.45) is 5.84 Å². The molecule has 1 aliphatic rings. The molecule has 0 aromatic heterocycles.